The number of ether oxygens (including phenoxy) is 4. The number of aromatic nitrogens is 2. The van der Waals surface area contributed by atoms with Gasteiger partial charge >= 0.3 is 18.1 Å². The average molecular weight is 700 g/mol. The molecule has 44 heavy (non-hydrogen) atoms. The lowest BCUT2D eigenvalue weighted by Gasteiger charge is -2.17. The van der Waals surface area contributed by atoms with Crippen molar-refractivity contribution in [2.45, 2.75) is 69.8 Å². The van der Waals surface area contributed by atoms with Crippen LogP contribution in [0.5, 0.6) is 11.8 Å². The minimum Gasteiger partial charge on any atom is -0.474 e. The van der Waals surface area contributed by atoms with Gasteiger partial charge in [0.25, 0.3) is 0 Å². The standard InChI is InChI=1S/C19H17ClF3NO3.C12H14BrNO3/c1-26-18(25)11-8-15(17(24-10-11)27-13-4-2-3-5-13)14-9-12(19(21,22)23)6-7-16(14)20;1-16-12(15)8-6-10(13)11(14-7-8)17-9-4-2-3-5-9/h6-10,13H,2-5H2,1H3;6-7,9H,2-5H2,1H3. The number of carbonyl (C=O) groups excluding carboxylic acids is 2. The molecular weight excluding hydrogens is 669 g/mol. The second-order valence-electron chi connectivity index (χ2n) is 10.3. The molecule has 2 aliphatic carbocycles. The van der Waals surface area contributed by atoms with Gasteiger partial charge in [0, 0.05) is 28.5 Å². The van der Waals surface area contributed by atoms with Crippen molar-refractivity contribution >= 4 is 39.5 Å². The lowest BCUT2D eigenvalue weighted by molar-refractivity contribution is -0.137. The largest absolute Gasteiger partial charge is 0.474 e. The molecule has 2 aromatic heterocycles. The third kappa shape index (κ3) is 8.62. The van der Waals surface area contributed by atoms with Gasteiger partial charge in [0.05, 0.1) is 35.4 Å². The molecular formula is C31H31BrClF3N2O6. The SMILES string of the molecule is COC(=O)c1cnc(OC2CCCC2)c(-c2cc(C(F)(F)F)ccc2Cl)c1.COC(=O)c1cnc(OC2CCCC2)c(Br)c1. The summed E-state index contributed by atoms with van der Waals surface area (Å²) in [5, 5.41) is 0.100. The molecule has 0 atom stereocenters. The number of pyridine rings is 2. The molecule has 1 aromatic carbocycles. The fourth-order valence-corrected chi connectivity index (χ4v) is 5.61. The number of hydrogen-bond donors (Lipinski definition) is 0. The van der Waals surface area contributed by atoms with E-state index >= 15 is 0 Å². The number of nitrogens with zero attached hydrogens (tertiary/aromatic N) is 2. The van der Waals surface area contributed by atoms with E-state index in [9.17, 15) is 22.8 Å². The van der Waals surface area contributed by atoms with Crippen molar-refractivity contribution in [1.29, 1.82) is 0 Å². The van der Waals surface area contributed by atoms with Gasteiger partial charge in [-0.2, -0.15) is 13.2 Å². The van der Waals surface area contributed by atoms with Crippen molar-refractivity contribution < 1.29 is 41.7 Å². The Kier molecular flexibility index (Phi) is 11.5. The normalized spacial score (nSPS) is 15.3. The van der Waals surface area contributed by atoms with E-state index in [4.69, 9.17) is 21.1 Å². The Morgan fingerprint density at radius 2 is 1.30 bits per heavy atom. The summed E-state index contributed by atoms with van der Waals surface area (Å²) >= 11 is 9.53. The summed E-state index contributed by atoms with van der Waals surface area (Å²) in [6, 6.07) is 6.07. The molecule has 0 saturated heterocycles. The molecule has 13 heteroatoms. The van der Waals surface area contributed by atoms with Gasteiger partial charge in [-0.25, -0.2) is 19.6 Å². The lowest BCUT2D eigenvalue weighted by atomic mass is 10.0. The maximum Gasteiger partial charge on any atom is 0.416 e. The zero-order chi connectivity index (χ0) is 31.9. The van der Waals surface area contributed by atoms with Gasteiger partial charge in [0.2, 0.25) is 11.8 Å². The molecule has 0 aliphatic heterocycles. The maximum absolute atomic E-state index is 13.1. The van der Waals surface area contributed by atoms with Gasteiger partial charge in [0.15, 0.2) is 0 Å². The molecule has 2 aliphatic rings. The van der Waals surface area contributed by atoms with Crippen LogP contribution in [0.4, 0.5) is 13.2 Å². The number of esters is 2. The Hall–Kier alpha value is -3.38. The zero-order valence-electron chi connectivity index (χ0n) is 24.1. The topological polar surface area (TPSA) is 96.8 Å². The van der Waals surface area contributed by atoms with E-state index in [2.05, 4.69) is 35.4 Å². The number of hydrogen-bond acceptors (Lipinski definition) is 8. The van der Waals surface area contributed by atoms with E-state index in [1.165, 1.54) is 51.6 Å². The Balaban J connectivity index is 0.000000223. The maximum atomic E-state index is 13.1. The van der Waals surface area contributed by atoms with E-state index in [-0.39, 0.29) is 39.8 Å². The van der Waals surface area contributed by atoms with Gasteiger partial charge in [0.1, 0.15) is 12.2 Å². The summed E-state index contributed by atoms with van der Waals surface area (Å²) in [6.45, 7) is 0. The predicted octanol–water partition coefficient (Wildman–Crippen LogP) is 8.48. The lowest BCUT2D eigenvalue weighted by Crippen LogP contribution is -2.13. The van der Waals surface area contributed by atoms with Crippen LogP contribution >= 0.6 is 27.5 Å². The number of halogens is 5. The zero-order valence-corrected chi connectivity index (χ0v) is 26.4. The van der Waals surface area contributed by atoms with Crippen LogP contribution in [-0.4, -0.2) is 48.3 Å². The van der Waals surface area contributed by atoms with E-state index in [1.54, 1.807) is 6.07 Å². The van der Waals surface area contributed by atoms with E-state index < -0.39 is 23.7 Å². The molecule has 8 nitrogen and oxygen atoms in total. The summed E-state index contributed by atoms with van der Waals surface area (Å²) in [6.07, 6.45) is 6.71. The second-order valence-corrected chi connectivity index (χ2v) is 11.6. The molecule has 2 saturated carbocycles. The minimum atomic E-state index is -4.53. The number of benzene rings is 1. The monoisotopic (exact) mass is 698 g/mol. The Morgan fingerprint density at radius 1 is 0.795 bits per heavy atom. The summed E-state index contributed by atoms with van der Waals surface area (Å²) < 4.78 is 61.1. The minimum absolute atomic E-state index is 0.0650. The van der Waals surface area contributed by atoms with Gasteiger partial charge in [-0.05, 0) is 97.6 Å². The van der Waals surface area contributed by atoms with Crippen molar-refractivity contribution in [3.8, 4) is 22.9 Å². The summed E-state index contributed by atoms with van der Waals surface area (Å²) in [4.78, 5) is 31.4. The predicted molar refractivity (Wildman–Crippen MR) is 160 cm³/mol. The Labute approximate surface area is 266 Å². The van der Waals surface area contributed by atoms with Gasteiger partial charge in [-0.15, -0.1) is 0 Å². The second kappa shape index (κ2) is 15.1. The first-order valence-electron chi connectivity index (χ1n) is 14.0. The van der Waals surface area contributed by atoms with Crippen LogP contribution in [0.3, 0.4) is 0 Å². The number of rotatable bonds is 7. The van der Waals surface area contributed by atoms with Crippen LogP contribution < -0.4 is 9.47 Å². The fraction of sp³-hybridized carbons (Fsp3) is 0.419. The Morgan fingerprint density at radius 3 is 1.80 bits per heavy atom. The smallest absolute Gasteiger partial charge is 0.416 e. The van der Waals surface area contributed by atoms with Crippen LogP contribution in [0, 0.1) is 0 Å². The van der Waals surface area contributed by atoms with Crippen molar-refractivity contribution in [3.05, 3.63) is 68.9 Å². The molecule has 5 rings (SSSR count). The first-order chi connectivity index (χ1) is 21.0. The van der Waals surface area contributed by atoms with Gasteiger partial charge < -0.3 is 18.9 Å². The number of methoxy groups -OCH3 is 2. The van der Waals surface area contributed by atoms with Gasteiger partial charge in [-0.1, -0.05) is 11.6 Å². The molecule has 2 heterocycles. The van der Waals surface area contributed by atoms with Crippen molar-refractivity contribution in [2.24, 2.45) is 0 Å². The van der Waals surface area contributed by atoms with Crippen LogP contribution in [-0.2, 0) is 15.7 Å². The molecule has 0 spiro atoms. The highest BCUT2D eigenvalue weighted by molar-refractivity contribution is 9.10. The first-order valence-corrected chi connectivity index (χ1v) is 15.2. The third-order valence-electron chi connectivity index (χ3n) is 7.25. The summed E-state index contributed by atoms with van der Waals surface area (Å²) in [5.41, 5.74) is -0.0197. The van der Waals surface area contributed by atoms with Crippen LogP contribution in [0.15, 0.2) is 47.2 Å². The average Bonchev–Trinajstić information content (AvgIpc) is 3.72. The number of carbonyl (C=O) groups is 2. The molecule has 0 unspecified atom stereocenters. The first kappa shape index (κ1) is 33.5. The molecule has 2 fully saturated rings. The molecule has 0 N–H and O–H groups in total. The quantitative estimate of drug-likeness (QED) is 0.227. The van der Waals surface area contributed by atoms with E-state index in [1.807, 2.05) is 0 Å². The molecule has 0 radical (unpaired) electrons. The van der Waals surface area contributed by atoms with Gasteiger partial charge in [-0.3, -0.25) is 0 Å². The third-order valence-corrected chi connectivity index (χ3v) is 8.14. The van der Waals surface area contributed by atoms with E-state index in [0.717, 1.165) is 50.7 Å². The Bertz CT molecular complexity index is 1480. The number of alkyl halides is 3. The summed E-state index contributed by atoms with van der Waals surface area (Å²) in [5.74, 6) is -0.356. The van der Waals surface area contributed by atoms with Crippen LogP contribution in [0.1, 0.15) is 77.6 Å². The summed E-state index contributed by atoms with van der Waals surface area (Å²) in [7, 11) is 2.56. The fourth-order valence-electron chi connectivity index (χ4n) is 4.95. The van der Waals surface area contributed by atoms with Crippen molar-refractivity contribution in [3.63, 3.8) is 0 Å². The molecule has 0 amide bonds. The van der Waals surface area contributed by atoms with Crippen LogP contribution in [0.25, 0.3) is 11.1 Å². The van der Waals surface area contributed by atoms with Crippen LogP contribution in [0.2, 0.25) is 5.02 Å². The highest BCUT2D eigenvalue weighted by atomic mass is 79.9. The molecule has 236 valence electrons. The molecule has 0 bridgehead atoms. The highest BCUT2D eigenvalue weighted by Gasteiger charge is 2.32. The van der Waals surface area contributed by atoms with E-state index in [0.29, 0.717) is 15.9 Å². The van der Waals surface area contributed by atoms with Crippen molar-refractivity contribution in [2.75, 3.05) is 14.2 Å². The molecule has 3 aromatic rings. The van der Waals surface area contributed by atoms with Crippen molar-refractivity contribution in [1.82, 2.24) is 9.97 Å². The highest BCUT2D eigenvalue weighted by Crippen LogP contribution is 2.40.